The molecular weight excluding hydrogens is 409 g/mol. The van der Waals surface area contributed by atoms with Gasteiger partial charge in [-0.05, 0) is 36.6 Å². The number of hydrogen-bond donors (Lipinski definition) is 3. The first-order chi connectivity index (χ1) is 13.6. The monoisotopic (exact) mass is 426 g/mol. The van der Waals surface area contributed by atoms with Crippen molar-refractivity contribution in [3.63, 3.8) is 0 Å². The topological polar surface area (TPSA) is 82.7 Å². The van der Waals surface area contributed by atoms with Crippen molar-refractivity contribution in [3.05, 3.63) is 47.1 Å². The number of fused-ring (bicyclic) bond motifs is 1. The van der Waals surface area contributed by atoms with Crippen LogP contribution in [0.25, 0.3) is 16.9 Å². The molecule has 1 saturated carbocycles. The minimum atomic E-state index is -4.50. The number of alkyl halides is 3. The zero-order chi connectivity index (χ0) is 20.9. The van der Waals surface area contributed by atoms with E-state index in [2.05, 4.69) is 15.4 Å². The number of halogens is 4. The molecule has 0 unspecified atom stereocenters. The Labute approximate surface area is 169 Å². The SMILES string of the molecule is C[C@@H]1C[C@@H](Nc2ccnc3cc(-c4cc(C(F)(F)F)ccc4Cl)nn23)[C@H](O)[C@@H]1O. The summed E-state index contributed by atoms with van der Waals surface area (Å²) in [6.07, 6.45) is -4.19. The van der Waals surface area contributed by atoms with Crippen molar-refractivity contribution in [1.82, 2.24) is 14.6 Å². The van der Waals surface area contributed by atoms with Crippen LogP contribution >= 0.6 is 11.6 Å². The van der Waals surface area contributed by atoms with E-state index < -0.39 is 30.0 Å². The van der Waals surface area contributed by atoms with Gasteiger partial charge in [0, 0.05) is 17.8 Å². The summed E-state index contributed by atoms with van der Waals surface area (Å²) in [6.45, 7) is 1.85. The molecule has 0 bridgehead atoms. The second-order valence-corrected chi connectivity index (χ2v) is 7.67. The summed E-state index contributed by atoms with van der Waals surface area (Å²) in [5, 5.41) is 27.8. The lowest BCUT2D eigenvalue weighted by Gasteiger charge is -2.19. The fourth-order valence-electron chi connectivity index (χ4n) is 3.62. The van der Waals surface area contributed by atoms with E-state index in [4.69, 9.17) is 11.6 Å². The number of aliphatic hydroxyl groups is 2. The molecule has 29 heavy (non-hydrogen) atoms. The molecular formula is C19H18ClF3N4O2. The largest absolute Gasteiger partial charge is 0.416 e. The summed E-state index contributed by atoms with van der Waals surface area (Å²) < 4.78 is 40.7. The van der Waals surface area contributed by atoms with E-state index in [-0.39, 0.29) is 22.2 Å². The second kappa shape index (κ2) is 7.16. The molecule has 3 aromatic rings. The van der Waals surface area contributed by atoms with Gasteiger partial charge in [-0.3, -0.25) is 0 Å². The molecule has 0 aliphatic heterocycles. The van der Waals surface area contributed by atoms with E-state index in [0.29, 0.717) is 17.9 Å². The number of aliphatic hydroxyl groups excluding tert-OH is 2. The van der Waals surface area contributed by atoms with Gasteiger partial charge < -0.3 is 15.5 Å². The third-order valence-corrected chi connectivity index (χ3v) is 5.56. The lowest BCUT2D eigenvalue weighted by molar-refractivity contribution is -0.137. The average molecular weight is 427 g/mol. The Balaban J connectivity index is 1.72. The van der Waals surface area contributed by atoms with E-state index in [1.54, 1.807) is 6.07 Å². The fourth-order valence-corrected chi connectivity index (χ4v) is 3.84. The van der Waals surface area contributed by atoms with Crippen molar-refractivity contribution in [2.75, 3.05) is 5.32 Å². The Hall–Kier alpha value is -2.36. The van der Waals surface area contributed by atoms with Gasteiger partial charge in [-0.25, -0.2) is 4.98 Å². The van der Waals surface area contributed by atoms with Crippen LogP contribution in [0, 0.1) is 5.92 Å². The summed E-state index contributed by atoms with van der Waals surface area (Å²) in [7, 11) is 0. The maximum absolute atomic E-state index is 13.1. The van der Waals surface area contributed by atoms with Crippen LogP contribution < -0.4 is 5.32 Å². The Morgan fingerprint density at radius 1 is 1.17 bits per heavy atom. The summed E-state index contributed by atoms with van der Waals surface area (Å²) >= 11 is 6.12. The van der Waals surface area contributed by atoms with Crippen LogP contribution in [0.4, 0.5) is 19.0 Å². The van der Waals surface area contributed by atoms with Crippen molar-refractivity contribution < 1.29 is 23.4 Å². The van der Waals surface area contributed by atoms with Gasteiger partial charge >= 0.3 is 6.18 Å². The molecule has 154 valence electrons. The van der Waals surface area contributed by atoms with E-state index in [1.807, 2.05) is 6.92 Å². The van der Waals surface area contributed by atoms with Crippen molar-refractivity contribution in [1.29, 1.82) is 0 Å². The molecule has 2 heterocycles. The van der Waals surface area contributed by atoms with Crippen molar-refractivity contribution in [3.8, 4) is 11.3 Å². The molecule has 10 heteroatoms. The highest BCUT2D eigenvalue weighted by Gasteiger charge is 2.39. The number of anilines is 1. The van der Waals surface area contributed by atoms with Gasteiger partial charge in [0.15, 0.2) is 5.65 Å². The molecule has 0 radical (unpaired) electrons. The number of hydrogen-bond acceptors (Lipinski definition) is 5. The Bertz CT molecular complexity index is 1060. The fraction of sp³-hybridized carbons (Fsp3) is 0.368. The second-order valence-electron chi connectivity index (χ2n) is 7.27. The molecule has 1 aliphatic rings. The zero-order valence-corrected chi connectivity index (χ0v) is 16.0. The highest BCUT2D eigenvalue weighted by molar-refractivity contribution is 6.33. The smallest absolute Gasteiger partial charge is 0.390 e. The summed E-state index contributed by atoms with van der Waals surface area (Å²) in [5.74, 6) is 0.423. The Kier molecular flexibility index (Phi) is 4.92. The lowest BCUT2D eigenvalue weighted by atomic mass is 10.1. The van der Waals surface area contributed by atoms with Crippen LogP contribution in [0.15, 0.2) is 36.5 Å². The first kappa shape index (κ1) is 19.9. The normalized spacial score (nSPS) is 24.9. The standard InChI is InChI=1S/C19H18ClF3N4O2/c1-9-6-14(18(29)17(9)28)25-15-4-5-24-16-8-13(26-27(15)16)11-7-10(19(21,22)23)2-3-12(11)20/h2-5,7-9,14,17-18,25,28-29H,6H2,1H3/t9-,14-,17-,18+/m1/s1. The van der Waals surface area contributed by atoms with Gasteiger partial charge in [-0.2, -0.15) is 22.8 Å². The van der Waals surface area contributed by atoms with Crippen LogP contribution in [0.1, 0.15) is 18.9 Å². The quantitative estimate of drug-likeness (QED) is 0.596. The Morgan fingerprint density at radius 3 is 2.59 bits per heavy atom. The number of rotatable bonds is 3. The van der Waals surface area contributed by atoms with Gasteiger partial charge in [0.05, 0.1) is 28.4 Å². The lowest BCUT2D eigenvalue weighted by Crippen LogP contribution is -2.35. The molecule has 0 spiro atoms. The van der Waals surface area contributed by atoms with Gasteiger partial charge in [-0.15, -0.1) is 0 Å². The highest BCUT2D eigenvalue weighted by Crippen LogP contribution is 2.36. The molecule has 1 aliphatic carbocycles. The van der Waals surface area contributed by atoms with Crippen LogP contribution in [0.3, 0.4) is 0 Å². The van der Waals surface area contributed by atoms with E-state index in [9.17, 15) is 23.4 Å². The van der Waals surface area contributed by atoms with Gasteiger partial charge in [0.1, 0.15) is 11.9 Å². The first-order valence-electron chi connectivity index (χ1n) is 8.99. The molecule has 0 amide bonds. The van der Waals surface area contributed by atoms with E-state index in [1.165, 1.54) is 22.8 Å². The summed E-state index contributed by atoms with van der Waals surface area (Å²) in [6, 6.07) is 5.84. The predicted molar refractivity (Wildman–Crippen MR) is 102 cm³/mol. The molecule has 0 saturated heterocycles. The third kappa shape index (κ3) is 3.65. The predicted octanol–water partition coefficient (Wildman–Crippen LogP) is 3.61. The number of aromatic nitrogens is 3. The van der Waals surface area contributed by atoms with Crippen LogP contribution in [-0.4, -0.2) is 43.1 Å². The van der Waals surface area contributed by atoms with E-state index in [0.717, 1.165) is 12.1 Å². The van der Waals surface area contributed by atoms with E-state index >= 15 is 0 Å². The van der Waals surface area contributed by atoms with Gasteiger partial charge in [0.2, 0.25) is 0 Å². The number of nitrogens with one attached hydrogen (secondary N) is 1. The van der Waals surface area contributed by atoms with Gasteiger partial charge in [-0.1, -0.05) is 18.5 Å². The minimum Gasteiger partial charge on any atom is -0.390 e. The van der Waals surface area contributed by atoms with Crippen molar-refractivity contribution >= 4 is 23.1 Å². The van der Waals surface area contributed by atoms with Crippen LogP contribution in [0.2, 0.25) is 5.02 Å². The average Bonchev–Trinajstić information content (AvgIpc) is 3.19. The maximum Gasteiger partial charge on any atom is 0.416 e. The molecule has 6 nitrogen and oxygen atoms in total. The molecule has 4 atom stereocenters. The first-order valence-corrected chi connectivity index (χ1v) is 9.37. The summed E-state index contributed by atoms with van der Waals surface area (Å²) in [4.78, 5) is 4.20. The number of nitrogens with zero attached hydrogens (tertiary/aromatic N) is 3. The van der Waals surface area contributed by atoms with Gasteiger partial charge in [0.25, 0.3) is 0 Å². The van der Waals surface area contributed by atoms with Crippen molar-refractivity contribution in [2.45, 2.75) is 37.8 Å². The third-order valence-electron chi connectivity index (χ3n) is 5.23. The zero-order valence-electron chi connectivity index (χ0n) is 15.2. The number of benzene rings is 1. The summed E-state index contributed by atoms with van der Waals surface area (Å²) in [5.41, 5.74) is -0.0389. The Morgan fingerprint density at radius 2 is 1.93 bits per heavy atom. The molecule has 1 aromatic carbocycles. The molecule has 2 aromatic heterocycles. The molecule has 1 fully saturated rings. The maximum atomic E-state index is 13.1. The van der Waals surface area contributed by atoms with Crippen LogP contribution in [0.5, 0.6) is 0 Å². The minimum absolute atomic E-state index is 0.0723. The van der Waals surface area contributed by atoms with Crippen LogP contribution in [-0.2, 0) is 6.18 Å². The highest BCUT2D eigenvalue weighted by atomic mass is 35.5. The molecule has 4 rings (SSSR count). The van der Waals surface area contributed by atoms with Crippen molar-refractivity contribution in [2.24, 2.45) is 5.92 Å². The molecule has 3 N–H and O–H groups in total.